The molecule has 0 bridgehead atoms. The van der Waals surface area contributed by atoms with Gasteiger partial charge in [-0.1, -0.05) is 18.2 Å². The standard InChI is InChI=1S/C9H8O2S2/c1-11-13(10)9-6-12-8-5-3-2-4-7(8)9/h2-6H,1H3. The molecule has 1 atom stereocenters. The van der Waals surface area contributed by atoms with Gasteiger partial charge in [-0.3, -0.25) is 4.18 Å². The largest absolute Gasteiger partial charge is 0.290 e. The van der Waals surface area contributed by atoms with Crippen LogP contribution >= 0.6 is 11.3 Å². The molecular weight excluding hydrogens is 204 g/mol. The van der Waals surface area contributed by atoms with Gasteiger partial charge in [0.2, 0.25) is 0 Å². The fraction of sp³-hybridized carbons (Fsp3) is 0.111. The predicted octanol–water partition coefficient (Wildman–Crippen LogP) is 2.57. The van der Waals surface area contributed by atoms with E-state index in [0.29, 0.717) is 0 Å². The average Bonchev–Trinajstić information content (AvgIpc) is 2.60. The summed E-state index contributed by atoms with van der Waals surface area (Å²) in [5.74, 6) is 0. The molecule has 0 spiro atoms. The number of hydrogen-bond acceptors (Lipinski definition) is 3. The van der Waals surface area contributed by atoms with Gasteiger partial charge in [-0.05, 0) is 6.07 Å². The first-order valence-corrected chi connectivity index (χ1v) is 5.71. The molecule has 13 heavy (non-hydrogen) atoms. The monoisotopic (exact) mass is 212 g/mol. The van der Waals surface area contributed by atoms with E-state index >= 15 is 0 Å². The molecule has 1 unspecified atom stereocenters. The van der Waals surface area contributed by atoms with E-state index in [1.807, 2.05) is 29.6 Å². The summed E-state index contributed by atoms with van der Waals surface area (Å²) in [6, 6.07) is 7.87. The van der Waals surface area contributed by atoms with E-state index in [1.54, 1.807) is 11.3 Å². The van der Waals surface area contributed by atoms with Gasteiger partial charge in [0, 0.05) is 15.5 Å². The molecule has 0 saturated heterocycles. The summed E-state index contributed by atoms with van der Waals surface area (Å²) < 4.78 is 17.3. The molecule has 0 amide bonds. The first-order valence-electron chi connectivity index (χ1n) is 3.75. The molecule has 2 rings (SSSR count). The van der Waals surface area contributed by atoms with Gasteiger partial charge in [0.15, 0.2) is 11.1 Å². The van der Waals surface area contributed by atoms with Gasteiger partial charge in [0.05, 0.1) is 12.0 Å². The third kappa shape index (κ3) is 1.52. The van der Waals surface area contributed by atoms with Crippen LogP contribution in [0.3, 0.4) is 0 Å². The van der Waals surface area contributed by atoms with Crippen LogP contribution in [0.2, 0.25) is 0 Å². The van der Waals surface area contributed by atoms with Gasteiger partial charge < -0.3 is 0 Å². The summed E-state index contributed by atoms with van der Waals surface area (Å²) in [7, 11) is 1.45. The molecule has 0 fully saturated rings. The van der Waals surface area contributed by atoms with E-state index in [-0.39, 0.29) is 0 Å². The maximum Gasteiger partial charge on any atom is 0.190 e. The van der Waals surface area contributed by atoms with Crippen molar-refractivity contribution in [2.24, 2.45) is 0 Å². The van der Waals surface area contributed by atoms with Crippen molar-refractivity contribution in [3.05, 3.63) is 29.6 Å². The van der Waals surface area contributed by atoms with Gasteiger partial charge in [0.1, 0.15) is 0 Å². The highest BCUT2D eigenvalue weighted by atomic mass is 32.2. The van der Waals surface area contributed by atoms with E-state index in [9.17, 15) is 4.21 Å². The van der Waals surface area contributed by atoms with Gasteiger partial charge in [-0.2, -0.15) is 0 Å². The van der Waals surface area contributed by atoms with Gasteiger partial charge >= 0.3 is 0 Å². The fourth-order valence-corrected chi connectivity index (χ4v) is 3.06. The average molecular weight is 212 g/mol. The summed E-state index contributed by atoms with van der Waals surface area (Å²) in [6.45, 7) is 0. The molecular formula is C9H8O2S2. The number of hydrogen-bond donors (Lipinski definition) is 0. The number of rotatable bonds is 2. The highest BCUT2D eigenvalue weighted by molar-refractivity contribution is 7.80. The SMILES string of the molecule is COS(=O)c1csc2ccccc12. The zero-order valence-corrected chi connectivity index (χ0v) is 8.65. The third-order valence-electron chi connectivity index (χ3n) is 1.78. The molecule has 0 aliphatic carbocycles. The van der Waals surface area contributed by atoms with E-state index in [1.165, 1.54) is 7.11 Å². The van der Waals surface area contributed by atoms with Crippen LogP contribution in [0.4, 0.5) is 0 Å². The van der Waals surface area contributed by atoms with Crippen molar-refractivity contribution >= 4 is 32.5 Å². The lowest BCUT2D eigenvalue weighted by Crippen LogP contribution is -1.90. The molecule has 0 aliphatic heterocycles. The van der Waals surface area contributed by atoms with Crippen molar-refractivity contribution in [3.8, 4) is 0 Å². The Morgan fingerprint density at radius 3 is 2.92 bits per heavy atom. The molecule has 1 aromatic heterocycles. The summed E-state index contributed by atoms with van der Waals surface area (Å²) in [4.78, 5) is 0.767. The lowest BCUT2D eigenvalue weighted by atomic mass is 10.3. The molecule has 4 heteroatoms. The molecule has 0 radical (unpaired) electrons. The number of thiophene rings is 1. The molecule has 0 aliphatic rings. The second-order valence-electron chi connectivity index (χ2n) is 2.50. The smallest absolute Gasteiger partial charge is 0.190 e. The maximum absolute atomic E-state index is 11.4. The van der Waals surface area contributed by atoms with Crippen molar-refractivity contribution in [3.63, 3.8) is 0 Å². The minimum absolute atomic E-state index is 0.767. The third-order valence-corrected chi connectivity index (χ3v) is 3.89. The Morgan fingerprint density at radius 2 is 2.15 bits per heavy atom. The first-order chi connectivity index (χ1) is 6.33. The topological polar surface area (TPSA) is 26.3 Å². The van der Waals surface area contributed by atoms with Crippen molar-refractivity contribution < 1.29 is 8.39 Å². The maximum atomic E-state index is 11.4. The number of fused-ring (bicyclic) bond motifs is 1. The zero-order chi connectivity index (χ0) is 9.26. The normalized spacial score (nSPS) is 13.3. The van der Waals surface area contributed by atoms with E-state index in [2.05, 4.69) is 0 Å². The van der Waals surface area contributed by atoms with Crippen LogP contribution in [-0.4, -0.2) is 11.3 Å². The molecule has 2 aromatic rings. The van der Waals surface area contributed by atoms with Crippen LogP contribution in [0.1, 0.15) is 0 Å². The van der Waals surface area contributed by atoms with Crippen LogP contribution in [0.15, 0.2) is 34.5 Å². The molecule has 2 nitrogen and oxygen atoms in total. The Bertz CT molecular complexity index is 448. The van der Waals surface area contributed by atoms with Crippen LogP contribution in [0.25, 0.3) is 10.1 Å². The summed E-state index contributed by atoms with van der Waals surface area (Å²) >= 11 is 0.261. The summed E-state index contributed by atoms with van der Waals surface area (Å²) in [5.41, 5.74) is 0. The Labute approximate surface area is 82.8 Å². The van der Waals surface area contributed by atoms with E-state index < -0.39 is 11.1 Å². The van der Waals surface area contributed by atoms with Crippen molar-refractivity contribution in [1.82, 2.24) is 0 Å². The number of benzene rings is 1. The van der Waals surface area contributed by atoms with Crippen molar-refractivity contribution in [1.29, 1.82) is 0 Å². The molecule has 1 aromatic carbocycles. The lowest BCUT2D eigenvalue weighted by molar-refractivity contribution is 0.446. The first kappa shape index (κ1) is 8.87. The van der Waals surface area contributed by atoms with Crippen LogP contribution < -0.4 is 0 Å². The molecule has 68 valence electrons. The van der Waals surface area contributed by atoms with Crippen LogP contribution in [0, 0.1) is 0 Å². The predicted molar refractivity (Wildman–Crippen MR) is 55.2 cm³/mol. The van der Waals surface area contributed by atoms with Gasteiger partial charge in [0.25, 0.3) is 0 Å². The quantitative estimate of drug-likeness (QED) is 0.764. The minimum Gasteiger partial charge on any atom is -0.290 e. The second-order valence-corrected chi connectivity index (χ2v) is 4.65. The lowest BCUT2D eigenvalue weighted by Gasteiger charge is -1.95. The van der Waals surface area contributed by atoms with Crippen molar-refractivity contribution in [2.45, 2.75) is 4.90 Å². The Hall–Kier alpha value is -0.710. The summed E-state index contributed by atoms with van der Waals surface area (Å²) in [5, 5.41) is 2.90. The van der Waals surface area contributed by atoms with Crippen molar-refractivity contribution in [2.75, 3.05) is 7.11 Å². The molecule has 0 N–H and O–H groups in total. The van der Waals surface area contributed by atoms with Crippen LogP contribution in [0.5, 0.6) is 0 Å². The zero-order valence-electron chi connectivity index (χ0n) is 7.02. The van der Waals surface area contributed by atoms with Gasteiger partial charge in [-0.15, -0.1) is 11.3 Å². The highest BCUT2D eigenvalue weighted by Gasteiger charge is 2.08. The Balaban J connectivity index is 2.64. The second kappa shape index (κ2) is 3.57. The Kier molecular flexibility index (Phi) is 2.44. The molecule has 1 heterocycles. The van der Waals surface area contributed by atoms with Crippen LogP contribution in [-0.2, 0) is 15.3 Å². The Morgan fingerprint density at radius 1 is 1.38 bits per heavy atom. The van der Waals surface area contributed by atoms with Gasteiger partial charge in [-0.25, -0.2) is 4.21 Å². The molecule has 0 saturated carbocycles. The minimum atomic E-state index is -1.32. The van der Waals surface area contributed by atoms with E-state index in [4.69, 9.17) is 4.18 Å². The van der Waals surface area contributed by atoms with E-state index in [0.717, 1.165) is 15.0 Å². The summed E-state index contributed by atoms with van der Waals surface area (Å²) in [6.07, 6.45) is 0. The highest BCUT2D eigenvalue weighted by Crippen LogP contribution is 2.28. The fourth-order valence-electron chi connectivity index (χ4n) is 1.17.